The SMILES string of the molecule is CCOC(=O)CCCNC(=O)CN(CC)C1CCCNC1. The normalized spacial score (nSPS) is 18.5. The van der Waals surface area contributed by atoms with Gasteiger partial charge >= 0.3 is 5.97 Å². The Bertz CT molecular complexity index is 317. The quantitative estimate of drug-likeness (QED) is 0.480. The molecule has 0 bridgehead atoms. The first kappa shape index (κ1) is 17.9. The molecule has 0 aliphatic carbocycles. The topological polar surface area (TPSA) is 70.7 Å². The molecule has 1 aliphatic heterocycles. The van der Waals surface area contributed by atoms with E-state index >= 15 is 0 Å². The van der Waals surface area contributed by atoms with E-state index in [1.807, 2.05) is 0 Å². The number of esters is 1. The van der Waals surface area contributed by atoms with E-state index in [1.165, 1.54) is 6.42 Å². The summed E-state index contributed by atoms with van der Waals surface area (Å²) in [6.45, 7) is 8.16. The molecule has 1 rings (SSSR count). The monoisotopic (exact) mass is 299 g/mol. The lowest BCUT2D eigenvalue weighted by molar-refractivity contribution is -0.143. The highest BCUT2D eigenvalue weighted by Gasteiger charge is 2.21. The number of amides is 1. The molecule has 0 saturated carbocycles. The van der Waals surface area contributed by atoms with Gasteiger partial charge in [-0.25, -0.2) is 0 Å². The van der Waals surface area contributed by atoms with Gasteiger partial charge in [0.15, 0.2) is 0 Å². The van der Waals surface area contributed by atoms with E-state index in [2.05, 4.69) is 22.5 Å². The van der Waals surface area contributed by atoms with Crippen LogP contribution in [0.2, 0.25) is 0 Å². The molecule has 1 saturated heterocycles. The van der Waals surface area contributed by atoms with E-state index in [-0.39, 0.29) is 11.9 Å². The lowest BCUT2D eigenvalue weighted by Crippen LogP contribution is -2.49. The molecule has 6 heteroatoms. The minimum atomic E-state index is -0.199. The van der Waals surface area contributed by atoms with Crippen molar-refractivity contribution < 1.29 is 14.3 Å². The van der Waals surface area contributed by atoms with Crippen molar-refractivity contribution in [3.63, 3.8) is 0 Å². The van der Waals surface area contributed by atoms with E-state index in [4.69, 9.17) is 4.74 Å². The third-order valence-electron chi connectivity index (χ3n) is 3.73. The van der Waals surface area contributed by atoms with Gasteiger partial charge in [-0.2, -0.15) is 0 Å². The van der Waals surface area contributed by atoms with Crippen molar-refractivity contribution in [2.75, 3.05) is 39.3 Å². The van der Waals surface area contributed by atoms with Crippen molar-refractivity contribution in [2.45, 2.75) is 45.6 Å². The van der Waals surface area contributed by atoms with Gasteiger partial charge in [-0.15, -0.1) is 0 Å². The van der Waals surface area contributed by atoms with Crippen LogP contribution in [0.25, 0.3) is 0 Å². The zero-order valence-electron chi connectivity index (χ0n) is 13.3. The first-order valence-electron chi connectivity index (χ1n) is 8.04. The molecule has 1 atom stereocenters. The van der Waals surface area contributed by atoms with E-state index in [0.29, 0.717) is 38.6 Å². The van der Waals surface area contributed by atoms with Crippen molar-refractivity contribution >= 4 is 11.9 Å². The van der Waals surface area contributed by atoms with Crippen LogP contribution in [0.15, 0.2) is 0 Å². The Balaban J connectivity index is 2.17. The summed E-state index contributed by atoms with van der Waals surface area (Å²) in [5.41, 5.74) is 0. The Morgan fingerprint density at radius 3 is 2.81 bits per heavy atom. The van der Waals surface area contributed by atoms with Crippen molar-refractivity contribution in [1.29, 1.82) is 0 Å². The van der Waals surface area contributed by atoms with Gasteiger partial charge in [0.25, 0.3) is 0 Å². The van der Waals surface area contributed by atoms with E-state index in [0.717, 1.165) is 26.1 Å². The Kier molecular flexibility index (Phi) is 9.01. The molecular weight excluding hydrogens is 270 g/mol. The molecule has 6 nitrogen and oxygen atoms in total. The molecule has 2 N–H and O–H groups in total. The molecule has 122 valence electrons. The van der Waals surface area contributed by atoms with Crippen molar-refractivity contribution in [2.24, 2.45) is 0 Å². The molecule has 1 unspecified atom stereocenters. The number of likely N-dealkylation sites (N-methyl/N-ethyl adjacent to an activating group) is 1. The summed E-state index contributed by atoms with van der Waals surface area (Å²) in [5, 5.41) is 6.25. The summed E-state index contributed by atoms with van der Waals surface area (Å²) in [7, 11) is 0. The fourth-order valence-electron chi connectivity index (χ4n) is 2.58. The maximum absolute atomic E-state index is 11.9. The van der Waals surface area contributed by atoms with Crippen LogP contribution in [0.5, 0.6) is 0 Å². The number of nitrogens with zero attached hydrogens (tertiary/aromatic N) is 1. The molecule has 1 heterocycles. The van der Waals surface area contributed by atoms with E-state index in [9.17, 15) is 9.59 Å². The van der Waals surface area contributed by atoms with E-state index in [1.54, 1.807) is 6.92 Å². The molecule has 1 fully saturated rings. The molecule has 0 spiro atoms. The zero-order chi connectivity index (χ0) is 15.5. The number of carbonyl (C=O) groups is 2. The van der Waals surface area contributed by atoms with Crippen molar-refractivity contribution in [3.05, 3.63) is 0 Å². The van der Waals surface area contributed by atoms with Gasteiger partial charge in [0.2, 0.25) is 5.91 Å². The van der Waals surface area contributed by atoms with Crippen LogP contribution in [-0.2, 0) is 14.3 Å². The van der Waals surface area contributed by atoms with Gasteiger partial charge in [0.05, 0.1) is 13.2 Å². The molecule has 21 heavy (non-hydrogen) atoms. The second-order valence-electron chi connectivity index (χ2n) is 5.32. The van der Waals surface area contributed by atoms with Gasteiger partial charge in [-0.1, -0.05) is 6.92 Å². The second kappa shape index (κ2) is 10.6. The summed E-state index contributed by atoms with van der Waals surface area (Å²) in [5.74, 6) is -0.165. The number of hydrogen-bond acceptors (Lipinski definition) is 5. The van der Waals surface area contributed by atoms with Crippen LogP contribution >= 0.6 is 0 Å². The average molecular weight is 299 g/mol. The Hall–Kier alpha value is -1.14. The summed E-state index contributed by atoms with van der Waals surface area (Å²) >= 11 is 0. The highest BCUT2D eigenvalue weighted by Crippen LogP contribution is 2.09. The van der Waals surface area contributed by atoms with Crippen LogP contribution < -0.4 is 10.6 Å². The third kappa shape index (κ3) is 7.43. The number of rotatable bonds is 9. The van der Waals surface area contributed by atoms with Crippen LogP contribution in [0.4, 0.5) is 0 Å². The molecule has 0 radical (unpaired) electrons. The smallest absolute Gasteiger partial charge is 0.305 e. The van der Waals surface area contributed by atoms with Crippen LogP contribution in [0, 0.1) is 0 Å². The molecular formula is C15H29N3O3. The van der Waals surface area contributed by atoms with Crippen LogP contribution in [-0.4, -0.2) is 62.1 Å². The van der Waals surface area contributed by atoms with Gasteiger partial charge in [-0.05, 0) is 39.3 Å². The number of carbonyl (C=O) groups excluding carboxylic acids is 2. The highest BCUT2D eigenvalue weighted by atomic mass is 16.5. The molecule has 0 aromatic carbocycles. The maximum atomic E-state index is 11.9. The fraction of sp³-hybridized carbons (Fsp3) is 0.867. The minimum absolute atomic E-state index is 0.0336. The van der Waals surface area contributed by atoms with Crippen LogP contribution in [0.1, 0.15) is 39.5 Å². The van der Waals surface area contributed by atoms with E-state index < -0.39 is 0 Å². The van der Waals surface area contributed by atoms with Crippen LogP contribution in [0.3, 0.4) is 0 Å². The standard InChI is InChI=1S/C15H29N3O3/c1-3-18(13-7-5-9-16-11-13)12-14(19)17-10-6-8-15(20)21-4-2/h13,16H,3-12H2,1-2H3,(H,17,19). The number of ether oxygens (including phenoxy) is 1. The maximum Gasteiger partial charge on any atom is 0.305 e. The largest absolute Gasteiger partial charge is 0.466 e. The number of nitrogens with one attached hydrogen (secondary N) is 2. The summed E-state index contributed by atoms with van der Waals surface area (Å²) in [6.07, 6.45) is 3.30. The molecule has 1 amide bonds. The third-order valence-corrected chi connectivity index (χ3v) is 3.73. The lowest BCUT2D eigenvalue weighted by Gasteiger charge is -2.33. The second-order valence-corrected chi connectivity index (χ2v) is 5.32. The predicted molar refractivity (Wildman–Crippen MR) is 82.0 cm³/mol. The summed E-state index contributed by atoms with van der Waals surface area (Å²) in [4.78, 5) is 25.3. The number of hydrogen-bond donors (Lipinski definition) is 2. The first-order valence-corrected chi connectivity index (χ1v) is 8.04. The summed E-state index contributed by atoms with van der Waals surface area (Å²) < 4.78 is 4.84. The molecule has 0 aromatic heterocycles. The van der Waals surface area contributed by atoms with Crippen molar-refractivity contribution in [1.82, 2.24) is 15.5 Å². The first-order chi connectivity index (χ1) is 10.2. The number of piperidine rings is 1. The van der Waals surface area contributed by atoms with Gasteiger partial charge < -0.3 is 15.4 Å². The zero-order valence-corrected chi connectivity index (χ0v) is 13.3. The van der Waals surface area contributed by atoms with Gasteiger partial charge in [-0.3, -0.25) is 14.5 Å². The Morgan fingerprint density at radius 2 is 2.19 bits per heavy atom. The lowest BCUT2D eigenvalue weighted by atomic mass is 10.1. The Morgan fingerprint density at radius 1 is 1.38 bits per heavy atom. The molecule has 1 aliphatic rings. The fourth-order valence-corrected chi connectivity index (χ4v) is 2.58. The minimum Gasteiger partial charge on any atom is -0.466 e. The highest BCUT2D eigenvalue weighted by molar-refractivity contribution is 5.78. The van der Waals surface area contributed by atoms with Crippen molar-refractivity contribution in [3.8, 4) is 0 Å². The Labute approximate surface area is 127 Å². The average Bonchev–Trinajstić information content (AvgIpc) is 2.50. The van der Waals surface area contributed by atoms with Gasteiger partial charge in [0, 0.05) is 25.6 Å². The molecule has 0 aromatic rings. The summed E-state index contributed by atoms with van der Waals surface area (Å²) in [6, 6.07) is 0.453. The predicted octanol–water partition coefficient (Wildman–Crippen LogP) is 0.520. The van der Waals surface area contributed by atoms with Gasteiger partial charge in [0.1, 0.15) is 0 Å².